The van der Waals surface area contributed by atoms with Crippen LogP contribution in [0.1, 0.15) is 19.8 Å². The van der Waals surface area contributed by atoms with E-state index in [0.717, 1.165) is 45.3 Å². The third-order valence-corrected chi connectivity index (χ3v) is 4.14. The summed E-state index contributed by atoms with van der Waals surface area (Å²) in [6, 6.07) is 0. The van der Waals surface area contributed by atoms with Crippen LogP contribution in [0.2, 0.25) is 0 Å². The third kappa shape index (κ3) is 4.92. The van der Waals surface area contributed by atoms with Gasteiger partial charge in [0.05, 0.1) is 25.9 Å². The van der Waals surface area contributed by atoms with E-state index in [0.29, 0.717) is 19.0 Å². The standard InChI is InChI=1S/C14H28N4O2/c1-12-2-4-18(5-3-12)14(15)16-10-13(19)11-17-6-8-20-9-7-17/h12-13,19H,2-11H2,1H3,(H2,15,16). The van der Waals surface area contributed by atoms with Crippen molar-refractivity contribution in [1.29, 1.82) is 0 Å². The van der Waals surface area contributed by atoms with E-state index >= 15 is 0 Å². The van der Waals surface area contributed by atoms with Crippen LogP contribution >= 0.6 is 0 Å². The van der Waals surface area contributed by atoms with E-state index < -0.39 is 6.10 Å². The van der Waals surface area contributed by atoms with Crippen LogP contribution in [0.15, 0.2) is 4.99 Å². The van der Waals surface area contributed by atoms with Gasteiger partial charge in [-0.1, -0.05) is 6.92 Å². The second-order valence-electron chi connectivity index (χ2n) is 5.94. The summed E-state index contributed by atoms with van der Waals surface area (Å²) < 4.78 is 5.29. The number of guanidine groups is 1. The Morgan fingerprint density at radius 3 is 2.60 bits per heavy atom. The Kier molecular flexibility index (Phi) is 6.06. The van der Waals surface area contributed by atoms with Crippen molar-refractivity contribution in [2.24, 2.45) is 16.6 Å². The number of hydrogen-bond donors (Lipinski definition) is 2. The molecule has 116 valence electrons. The molecule has 0 amide bonds. The molecule has 0 aromatic rings. The van der Waals surface area contributed by atoms with Gasteiger partial charge >= 0.3 is 0 Å². The molecule has 2 aliphatic rings. The Balaban J connectivity index is 1.70. The summed E-state index contributed by atoms with van der Waals surface area (Å²) in [7, 11) is 0. The molecule has 6 nitrogen and oxygen atoms in total. The van der Waals surface area contributed by atoms with Crippen molar-refractivity contribution >= 4 is 5.96 Å². The first kappa shape index (κ1) is 15.5. The molecule has 20 heavy (non-hydrogen) atoms. The molecular weight excluding hydrogens is 256 g/mol. The highest BCUT2D eigenvalue weighted by molar-refractivity contribution is 5.78. The SMILES string of the molecule is CC1CCN(C(N)=NCC(O)CN2CCOCC2)CC1. The molecule has 6 heteroatoms. The van der Waals surface area contributed by atoms with Crippen molar-refractivity contribution in [3.05, 3.63) is 0 Å². The summed E-state index contributed by atoms with van der Waals surface area (Å²) >= 11 is 0. The van der Waals surface area contributed by atoms with Crippen LogP contribution in [0.25, 0.3) is 0 Å². The number of piperidine rings is 1. The van der Waals surface area contributed by atoms with Gasteiger partial charge in [-0.25, -0.2) is 0 Å². The largest absolute Gasteiger partial charge is 0.390 e. The zero-order valence-electron chi connectivity index (χ0n) is 12.5. The molecule has 0 aliphatic carbocycles. The normalized spacial score (nSPS) is 24.9. The van der Waals surface area contributed by atoms with Crippen LogP contribution in [-0.4, -0.2) is 79.5 Å². The third-order valence-electron chi connectivity index (χ3n) is 4.14. The number of hydrogen-bond acceptors (Lipinski definition) is 4. The molecule has 2 rings (SSSR count). The van der Waals surface area contributed by atoms with Gasteiger partial charge in [0.25, 0.3) is 0 Å². The van der Waals surface area contributed by atoms with E-state index in [-0.39, 0.29) is 0 Å². The van der Waals surface area contributed by atoms with Gasteiger partial charge in [0.15, 0.2) is 5.96 Å². The lowest BCUT2D eigenvalue weighted by Crippen LogP contribution is -2.44. The number of aliphatic hydroxyl groups is 1. The summed E-state index contributed by atoms with van der Waals surface area (Å²) in [5, 5.41) is 10.0. The van der Waals surface area contributed by atoms with E-state index in [1.807, 2.05) is 0 Å². The first-order chi connectivity index (χ1) is 9.65. The first-order valence-electron chi connectivity index (χ1n) is 7.68. The van der Waals surface area contributed by atoms with Crippen LogP contribution in [0.4, 0.5) is 0 Å². The van der Waals surface area contributed by atoms with Crippen LogP contribution < -0.4 is 5.73 Å². The number of ether oxygens (including phenoxy) is 1. The maximum atomic E-state index is 10.0. The fourth-order valence-corrected chi connectivity index (χ4v) is 2.68. The Morgan fingerprint density at radius 1 is 1.30 bits per heavy atom. The van der Waals surface area contributed by atoms with E-state index in [9.17, 15) is 5.11 Å². The Hall–Kier alpha value is -0.850. The van der Waals surface area contributed by atoms with Crippen LogP contribution in [0, 0.1) is 5.92 Å². The second kappa shape index (κ2) is 7.81. The van der Waals surface area contributed by atoms with Crippen molar-refractivity contribution in [2.45, 2.75) is 25.9 Å². The van der Waals surface area contributed by atoms with Gasteiger partial charge in [0.2, 0.25) is 0 Å². The zero-order chi connectivity index (χ0) is 14.4. The summed E-state index contributed by atoms with van der Waals surface area (Å²) in [6.07, 6.45) is 1.90. The van der Waals surface area contributed by atoms with Crippen LogP contribution in [-0.2, 0) is 4.74 Å². The van der Waals surface area contributed by atoms with Crippen molar-refractivity contribution in [3.8, 4) is 0 Å². The van der Waals surface area contributed by atoms with E-state index in [1.54, 1.807) is 0 Å². The first-order valence-corrected chi connectivity index (χ1v) is 7.68. The fraction of sp³-hybridized carbons (Fsp3) is 0.929. The average molecular weight is 284 g/mol. The summed E-state index contributed by atoms with van der Waals surface area (Å²) in [5.74, 6) is 1.36. The van der Waals surface area contributed by atoms with Crippen molar-refractivity contribution in [3.63, 3.8) is 0 Å². The average Bonchev–Trinajstić information content (AvgIpc) is 2.46. The minimum absolute atomic E-state index is 0.384. The van der Waals surface area contributed by atoms with E-state index in [2.05, 4.69) is 21.7 Å². The predicted molar refractivity (Wildman–Crippen MR) is 79.7 cm³/mol. The molecule has 0 aromatic heterocycles. The van der Waals surface area contributed by atoms with Crippen molar-refractivity contribution in [2.75, 3.05) is 52.5 Å². The van der Waals surface area contributed by atoms with Gasteiger partial charge < -0.3 is 20.5 Å². The molecule has 2 saturated heterocycles. The molecule has 0 radical (unpaired) electrons. The summed E-state index contributed by atoms with van der Waals surface area (Å²) in [6.45, 7) is 8.56. The van der Waals surface area contributed by atoms with Crippen molar-refractivity contribution < 1.29 is 9.84 Å². The fourth-order valence-electron chi connectivity index (χ4n) is 2.68. The van der Waals surface area contributed by atoms with E-state index in [1.165, 1.54) is 12.8 Å². The Bertz CT molecular complexity index is 310. The quantitative estimate of drug-likeness (QED) is 0.549. The molecular formula is C14H28N4O2. The number of aliphatic imine (C=N–C) groups is 1. The highest BCUT2D eigenvalue weighted by Crippen LogP contribution is 2.15. The number of nitrogens with two attached hydrogens (primary N) is 1. The minimum atomic E-state index is -0.449. The van der Waals surface area contributed by atoms with Crippen LogP contribution in [0.5, 0.6) is 0 Å². The number of β-amino-alcohol motifs (C(OH)–C–C–N with tert-alkyl or cyclic N) is 1. The Labute approximate surface area is 121 Å². The minimum Gasteiger partial charge on any atom is -0.390 e. The van der Waals surface area contributed by atoms with Gasteiger partial charge in [-0.2, -0.15) is 0 Å². The van der Waals surface area contributed by atoms with Gasteiger partial charge in [0.1, 0.15) is 0 Å². The zero-order valence-corrected chi connectivity index (χ0v) is 12.5. The second-order valence-corrected chi connectivity index (χ2v) is 5.94. The van der Waals surface area contributed by atoms with Gasteiger partial charge in [-0.15, -0.1) is 0 Å². The smallest absolute Gasteiger partial charge is 0.191 e. The number of morpholine rings is 1. The Morgan fingerprint density at radius 2 is 1.95 bits per heavy atom. The van der Waals surface area contributed by atoms with Crippen LogP contribution in [0.3, 0.4) is 0 Å². The monoisotopic (exact) mass is 284 g/mol. The summed E-state index contributed by atoms with van der Waals surface area (Å²) in [4.78, 5) is 8.69. The molecule has 0 bridgehead atoms. The molecule has 1 unspecified atom stereocenters. The summed E-state index contributed by atoms with van der Waals surface area (Å²) in [5.41, 5.74) is 6.01. The number of nitrogens with zero attached hydrogens (tertiary/aromatic N) is 3. The highest BCUT2D eigenvalue weighted by atomic mass is 16.5. The van der Waals surface area contributed by atoms with Gasteiger partial charge in [-0.05, 0) is 18.8 Å². The lowest BCUT2D eigenvalue weighted by atomic mass is 10.00. The lowest BCUT2D eigenvalue weighted by Gasteiger charge is -2.31. The molecule has 2 fully saturated rings. The molecule has 2 aliphatic heterocycles. The number of likely N-dealkylation sites (tertiary alicyclic amines) is 1. The maximum absolute atomic E-state index is 10.0. The lowest BCUT2D eigenvalue weighted by molar-refractivity contribution is 0.0164. The predicted octanol–water partition coefficient (Wildman–Crippen LogP) is -0.274. The molecule has 3 N–H and O–H groups in total. The van der Waals surface area contributed by atoms with Crippen molar-refractivity contribution in [1.82, 2.24) is 9.80 Å². The topological polar surface area (TPSA) is 74.3 Å². The van der Waals surface area contributed by atoms with Gasteiger partial charge in [0, 0.05) is 32.7 Å². The molecule has 0 saturated carbocycles. The molecule has 0 spiro atoms. The highest BCUT2D eigenvalue weighted by Gasteiger charge is 2.18. The molecule has 2 heterocycles. The van der Waals surface area contributed by atoms with Gasteiger partial charge in [-0.3, -0.25) is 9.89 Å². The maximum Gasteiger partial charge on any atom is 0.191 e. The number of aliphatic hydroxyl groups excluding tert-OH is 1. The molecule has 0 aromatic carbocycles. The number of rotatable bonds is 4. The molecule has 1 atom stereocenters. The van der Waals surface area contributed by atoms with E-state index in [4.69, 9.17) is 10.5 Å².